The standard InChI is InChI=1S/C32H33NO4/c1-20(2)21-12-15-23(16-13-21)29-28(30(34)25-17-14-22-8-4-5-9-24(22)18-25)31(35)32(36)33(29)19-26-10-6-7-11-27(26)37-3/h6-7,10-18,20,29,34H,4-5,8-9,19H2,1-3H3/b30-28-. The van der Waals surface area contributed by atoms with Gasteiger partial charge in [-0.05, 0) is 66.0 Å². The number of aliphatic hydroxyl groups is 1. The molecule has 37 heavy (non-hydrogen) atoms. The zero-order chi connectivity index (χ0) is 26.1. The van der Waals surface area contributed by atoms with Gasteiger partial charge in [-0.3, -0.25) is 9.59 Å². The number of aliphatic hydroxyl groups excluding tert-OH is 1. The Labute approximate surface area is 218 Å². The summed E-state index contributed by atoms with van der Waals surface area (Å²) < 4.78 is 5.51. The molecule has 0 aromatic heterocycles. The topological polar surface area (TPSA) is 66.8 Å². The van der Waals surface area contributed by atoms with Crippen molar-refractivity contribution in [3.8, 4) is 5.75 Å². The van der Waals surface area contributed by atoms with Gasteiger partial charge in [0, 0.05) is 11.1 Å². The van der Waals surface area contributed by atoms with E-state index in [4.69, 9.17) is 4.74 Å². The minimum Gasteiger partial charge on any atom is -0.507 e. The fraction of sp³-hybridized carbons (Fsp3) is 0.312. The second-order valence-electron chi connectivity index (χ2n) is 10.3. The highest BCUT2D eigenvalue weighted by Crippen LogP contribution is 2.41. The molecule has 1 saturated heterocycles. The summed E-state index contributed by atoms with van der Waals surface area (Å²) in [6, 6.07) is 20.6. The van der Waals surface area contributed by atoms with Crippen molar-refractivity contribution >= 4 is 17.4 Å². The van der Waals surface area contributed by atoms with Crippen LogP contribution in [0.1, 0.15) is 72.0 Å². The van der Waals surface area contributed by atoms with Gasteiger partial charge in [0.15, 0.2) is 0 Å². The first-order chi connectivity index (χ1) is 17.9. The lowest BCUT2D eigenvalue weighted by Crippen LogP contribution is -2.29. The van der Waals surface area contributed by atoms with Gasteiger partial charge in [0.2, 0.25) is 0 Å². The molecule has 0 bridgehead atoms. The highest BCUT2D eigenvalue weighted by molar-refractivity contribution is 6.46. The second kappa shape index (κ2) is 10.3. The lowest BCUT2D eigenvalue weighted by Gasteiger charge is -2.26. The number of benzene rings is 3. The number of methoxy groups -OCH3 is 1. The van der Waals surface area contributed by atoms with Crippen LogP contribution >= 0.6 is 0 Å². The number of carbonyl (C=O) groups is 2. The van der Waals surface area contributed by atoms with E-state index < -0.39 is 17.7 Å². The summed E-state index contributed by atoms with van der Waals surface area (Å²) in [7, 11) is 1.59. The number of ketones is 1. The fourth-order valence-electron chi connectivity index (χ4n) is 5.51. The Hall–Kier alpha value is -3.86. The van der Waals surface area contributed by atoms with Crippen molar-refractivity contribution in [1.82, 2.24) is 4.90 Å². The molecule has 5 heteroatoms. The zero-order valence-electron chi connectivity index (χ0n) is 21.7. The maximum atomic E-state index is 13.5. The monoisotopic (exact) mass is 495 g/mol. The van der Waals surface area contributed by atoms with Crippen LogP contribution in [0.4, 0.5) is 0 Å². The quantitative estimate of drug-likeness (QED) is 0.247. The maximum Gasteiger partial charge on any atom is 0.295 e. The van der Waals surface area contributed by atoms with E-state index >= 15 is 0 Å². The molecule has 1 aliphatic carbocycles. The number of para-hydroxylation sites is 1. The van der Waals surface area contributed by atoms with Crippen molar-refractivity contribution in [1.29, 1.82) is 0 Å². The van der Waals surface area contributed by atoms with Crippen LogP contribution in [0.25, 0.3) is 5.76 Å². The predicted octanol–water partition coefficient (Wildman–Crippen LogP) is 6.32. The summed E-state index contributed by atoms with van der Waals surface area (Å²) in [4.78, 5) is 28.5. The van der Waals surface area contributed by atoms with Crippen molar-refractivity contribution in [3.63, 3.8) is 0 Å². The zero-order valence-corrected chi connectivity index (χ0v) is 21.7. The van der Waals surface area contributed by atoms with E-state index in [-0.39, 0.29) is 17.9 Å². The van der Waals surface area contributed by atoms with Crippen LogP contribution in [0.3, 0.4) is 0 Å². The summed E-state index contributed by atoms with van der Waals surface area (Å²) in [5.74, 6) is -0.406. The van der Waals surface area contributed by atoms with Crippen LogP contribution in [-0.4, -0.2) is 28.8 Å². The number of fused-ring (bicyclic) bond motifs is 1. The summed E-state index contributed by atoms with van der Waals surface area (Å²) in [6.45, 7) is 4.43. The van der Waals surface area contributed by atoms with Crippen LogP contribution in [-0.2, 0) is 29.0 Å². The average molecular weight is 496 g/mol. The predicted molar refractivity (Wildman–Crippen MR) is 144 cm³/mol. The second-order valence-corrected chi connectivity index (χ2v) is 10.3. The average Bonchev–Trinajstić information content (AvgIpc) is 3.17. The van der Waals surface area contributed by atoms with E-state index in [9.17, 15) is 14.7 Å². The number of nitrogens with zero attached hydrogens (tertiary/aromatic N) is 1. The van der Waals surface area contributed by atoms with Gasteiger partial charge in [0.05, 0.1) is 25.3 Å². The molecular formula is C32H33NO4. The Kier molecular flexibility index (Phi) is 6.88. The Bertz CT molecular complexity index is 1370. The van der Waals surface area contributed by atoms with Gasteiger partial charge in [0.1, 0.15) is 11.5 Å². The van der Waals surface area contributed by atoms with E-state index in [0.717, 1.165) is 30.4 Å². The largest absolute Gasteiger partial charge is 0.507 e. The molecule has 1 heterocycles. The van der Waals surface area contributed by atoms with Crippen LogP contribution in [0.2, 0.25) is 0 Å². The Morgan fingerprint density at radius 2 is 1.68 bits per heavy atom. The van der Waals surface area contributed by atoms with E-state index in [1.165, 1.54) is 23.1 Å². The molecule has 3 aromatic rings. The van der Waals surface area contributed by atoms with Crippen molar-refractivity contribution < 1.29 is 19.4 Å². The molecule has 1 aliphatic heterocycles. The van der Waals surface area contributed by atoms with E-state index in [1.54, 1.807) is 12.0 Å². The molecule has 1 atom stereocenters. The molecule has 1 amide bonds. The molecule has 0 spiro atoms. The van der Waals surface area contributed by atoms with Gasteiger partial charge in [0.25, 0.3) is 11.7 Å². The third-order valence-electron chi connectivity index (χ3n) is 7.61. The van der Waals surface area contributed by atoms with Gasteiger partial charge in [-0.25, -0.2) is 0 Å². The van der Waals surface area contributed by atoms with Gasteiger partial charge in [-0.2, -0.15) is 0 Å². The number of hydrogen-bond donors (Lipinski definition) is 1. The van der Waals surface area contributed by atoms with Gasteiger partial charge in [-0.15, -0.1) is 0 Å². The summed E-state index contributed by atoms with van der Waals surface area (Å²) in [5.41, 5.74) is 5.96. The molecule has 190 valence electrons. The number of likely N-dealkylation sites (tertiary alicyclic amines) is 1. The number of carbonyl (C=O) groups excluding carboxylic acids is 2. The van der Waals surface area contributed by atoms with Crippen LogP contribution < -0.4 is 4.74 Å². The van der Waals surface area contributed by atoms with Crippen LogP contribution in [0.15, 0.2) is 72.3 Å². The lowest BCUT2D eigenvalue weighted by molar-refractivity contribution is -0.140. The van der Waals surface area contributed by atoms with Crippen LogP contribution in [0, 0.1) is 0 Å². The molecule has 5 nitrogen and oxygen atoms in total. The summed E-state index contributed by atoms with van der Waals surface area (Å²) in [5, 5.41) is 11.5. The summed E-state index contributed by atoms with van der Waals surface area (Å²) in [6.07, 6.45) is 4.27. The van der Waals surface area contributed by atoms with Crippen LogP contribution in [0.5, 0.6) is 5.75 Å². The number of amides is 1. The molecule has 5 rings (SSSR count). The molecule has 1 unspecified atom stereocenters. The van der Waals surface area contributed by atoms with E-state index in [0.29, 0.717) is 17.2 Å². The third-order valence-corrected chi connectivity index (χ3v) is 7.61. The number of aryl methyl sites for hydroxylation is 2. The first-order valence-corrected chi connectivity index (χ1v) is 13.0. The van der Waals surface area contributed by atoms with E-state index in [1.807, 2.05) is 66.7 Å². The Morgan fingerprint density at radius 3 is 2.38 bits per heavy atom. The highest BCUT2D eigenvalue weighted by atomic mass is 16.5. The highest BCUT2D eigenvalue weighted by Gasteiger charge is 2.46. The van der Waals surface area contributed by atoms with Crippen molar-refractivity contribution in [2.45, 2.75) is 58.0 Å². The third kappa shape index (κ3) is 4.66. The van der Waals surface area contributed by atoms with Crippen molar-refractivity contribution in [2.75, 3.05) is 7.11 Å². The summed E-state index contributed by atoms with van der Waals surface area (Å²) >= 11 is 0. The molecule has 3 aromatic carbocycles. The molecular weight excluding hydrogens is 462 g/mol. The Morgan fingerprint density at radius 1 is 0.973 bits per heavy atom. The Balaban J connectivity index is 1.63. The number of rotatable bonds is 6. The van der Waals surface area contributed by atoms with E-state index in [2.05, 4.69) is 13.8 Å². The number of ether oxygens (including phenoxy) is 1. The molecule has 0 saturated carbocycles. The van der Waals surface area contributed by atoms with Crippen molar-refractivity contribution in [2.24, 2.45) is 0 Å². The van der Waals surface area contributed by atoms with Crippen molar-refractivity contribution in [3.05, 3.63) is 106 Å². The normalized spacial score (nSPS) is 18.8. The minimum atomic E-state index is -0.706. The number of Topliss-reactive ketones (excluding diaryl/α,β-unsaturated/α-hetero) is 1. The first-order valence-electron chi connectivity index (χ1n) is 13.0. The maximum absolute atomic E-state index is 13.5. The molecule has 0 radical (unpaired) electrons. The first kappa shape index (κ1) is 24.8. The SMILES string of the molecule is COc1ccccc1CN1C(=O)C(=O)/C(=C(\O)c2ccc3c(c2)CCCC3)C1c1ccc(C(C)C)cc1. The number of hydrogen-bond acceptors (Lipinski definition) is 4. The van der Waals surface area contributed by atoms with Gasteiger partial charge in [-0.1, -0.05) is 68.4 Å². The fourth-order valence-corrected chi connectivity index (χ4v) is 5.51. The van der Waals surface area contributed by atoms with Gasteiger partial charge < -0.3 is 14.7 Å². The lowest BCUT2D eigenvalue weighted by atomic mass is 9.88. The molecule has 1 fully saturated rings. The smallest absolute Gasteiger partial charge is 0.295 e. The minimum absolute atomic E-state index is 0.118. The molecule has 2 aliphatic rings. The van der Waals surface area contributed by atoms with Gasteiger partial charge >= 0.3 is 0 Å². The molecule has 1 N–H and O–H groups in total.